The molecule has 34 heavy (non-hydrogen) atoms. The van der Waals surface area contributed by atoms with Crippen molar-refractivity contribution in [3.05, 3.63) is 96.1 Å². The number of azo groups is 2. The molecule has 0 radical (unpaired) electrons. The number of hydrogen-bond acceptors (Lipinski definition) is 7. The van der Waals surface area contributed by atoms with E-state index in [1.165, 1.54) is 18.2 Å². The normalized spacial score (nSPS) is 11.3. The van der Waals surface area contributed by atoms with Crippen molar-refractivity contribution < 1.29 is 15.0 Å². The van der Waals surface area contributed by atoms with E-state index in [-0.39, 0.29) is 11.3 Å². The maximum atomic E-state index is 11.1. The molecule has 0 amide bonds. The van der Waals surface area contributed by atoms with Crippen molar-refractivity contribution in [2.24, 2.45) is 20.5 Å². The highest BCUT2D eigenvalue weighted by Gasteiger charge is 2.09. The monoisotopic (exact) mass is 451 g/mol. The molecule has 4 N–H and O–H groups in total. The fourth-order valence-corrected chi connectivity index (χ4v) is 3.22. The molecule has 168 valence electrons. The summed E-state index contributed by atoms with van der Waals surface area (Å²) in [6.07, 6.45) is 0. The van der Waals surface area contributed by atoms with Crippen LogP contribution in [-0.4, -0.2) is 16.2 Å². The third kappa shape index (κ3) is 5.31. The van der Waals surface area contributed by atoms with Crippen LogP contribution < -0.4 is 5.73 Å². The Morgan fingerprint density at radius 2 is 1.24 bits per heavy atom. The molecule has 0 bridgehead atoms. The van der Waals surface area contributed by atoms with Crippen LogP contribution in [0, 0.1) is 6.92 Å². The number of nitrogen functional groups attached to an aromatic ring is 1. The zero-order chi connectivity index (χ0) is 24.1. The number of hydrogen-bond donors (Lipinski definition) is 3. The summed E-state index contributed by atoms with van der Waals surface area (Å²) in [6, 6.07) is 24.7. The minimum atomic E-state index is -1.23. The Kier molecular flexibility index (Phi) is 6.40. The fourth-order valence-electron chi connectivity index (χ4n) is 3.22. The molecular formula is C26H21N5O3. The first-order valence-electron chi connectivity index (χ1n) is 10.4. The van der Waals surface area contributed by atoms with Gasteiger partial charge in [0.25, 0.3) is 0 Å². The van der Waals surface area contributed by atoms with Crippen molar-refractivity contribution in [2.75, 3.05) is 5.73 Å². The lowest BCUT2D eigenvalue weighted by molar-refractivity contribution is 0.0693. The Bertz CT molecular complexity index is 1400. The van der Waals surface area contributed by atoms with Gasteiger partial charge in [-0.1, -0.05) is 24.3 Å². The maximum absolute atomic E-state index is 11.1. The molecule has 0 unspecified atom stereocenters. The number of aryl methyl sites for hydroxylation is 1. The standard InChI is InChI=1S/C26H21N5O3/c1-16-14-19(27)6-12-24(16)31-29-21-9-4-18(5-10-21)17-2-7-20(8-3-17)28-30-22-11-13-25(32)23(15-22)26(33)34/h2-15,32H,27H2,1H3,(H,33,34). The van der Waals surface area contributed by atoms with E-state index in [9.17, 15) is 9.90 Å². The predicted octanol–water partition coefficient (Wildman–Crippen LogP) is 7.48. The van der Waals surface area contributed by atoms with Crippen LogP contribution in [0.3, 0.4) is 0 Å². The number of nitrogens with two attached hydrogens (primary N) is 1. The van der Waals surface area contributed by atoms with Gasteiger partial charge in [-0.2, -0.15) is 20.5 Å². The molecule has 0 aliphatic rings. The molecule has 0 heterocycles. The number of aromatic carboxylic acids is 1. The molecule has 4 aromatic carbocycles. The van der Waals surface area contributed by atoms with Crippen LogP contribution in [0.15, 0.2) is 105 Å². The Balaban J connectivity index is 1.44. The summed E-state index contributed by atoms with van der Waals surface area (Å²) < 4.78 is 0. The van der Waals surface area contributed by atoms with Gasteiger partial charge in [0.1, 0.15) is 11.3 Å². The zero-order valence-electron chi connectivity index (χ0n) is 18.3. The van der Waals surface area contributed by atoms with E-state index in [1.54, 1.807) is 6.07 Å². The lowest BCUT2D eigenvalue weighted by Gasteiger charge is -2.03. The van der Waals surface area contributed by atoms with Gasteiger partial charge >= 0.3 is 5.97 Å². The Labute approximate surface area is 195 Å². The number of carboxylic acids is 1. The fraction of sp³-hybridized carbons (Fsp3) is 0.0385. The number of phenols is 1. The average molecular weight is 451 g/mol. The summed E-state index contributed by atoms with van der Waals surface area (Å²) in [6.45, 7) is 1.94. The van der Waals surface area contributed by atoms with Gasteiger partial charge in [0.15, 0.2) is 0 Å². The Morgan fingerprint density at radius 1 is 0.706 bits per heavy atom. The summed E-state index contributed by atoms with van der Waals surface area (Å²) in [4.78, 5) is 11.1. The lowest BCUT2D eigenvalue weighted by atomic mass is 10.1. The lowest BCUT2D eigenvalue weighted by Crippen LogP contribution is -1.95. The molecular weight excluding hydrogens is 430 g/mol. The van der Waals surface area contributed by atoms with Crippen LogP contribution in [0.5, 0.6) is 5.75 Å². The second kappa shape index (κ2) is 9.74. The Hall–Kier alpha value is -4.85. The Morgan fingerprint density at radius 3 is 1.79 bits per heavy atom. The van der Waals surface area contributed by atoms with Gasteiger partial charge in [-0.3, -0.25) is 0 Å². The number of aromatic hydroxyl groups is 1. The number of carbonyl (C=O) groups is 1. The zero-order valence-corrected chi connectivity index (χ0v) is 18.3. The van der Waals surface area contributed by atoms with Crippen LogP contribution >= 0.6 is 0 Å². The van der Waals surface area contributed by atoms with Crippen molar-refractivity contribution in [3.63, 3.8) is 0 Å². The third-order valence-corrected chi connectivity index (χ3v) is 5.05. The molecule has 0 saturated carbocycles. The van der Waals surface area contributed by atoms with Crippen LogP contribution in [0.4, 0.5) is 28.4 Å². The van der Waals surface area contributed by atoms with Crippen molar-refractivity contribution in [1.82, 2.24) is 0 Å². The molecule has 0 aliphatic heterocycles. The smallest absolute Gasteiger partial charge is 0.339 e. The number of anilines is 1. The number of carboxylic acid groups (broad SMARTS) is 1. The summed E-state index contributed by atoms with van der Waals surface area (Å²) in [5.74, 6) is -1.55. The first-order chi connectivity index (χ1) is 16.4. The van der Waals surface area contributed by atoms with Gasteiger partial charge in [-0.05, 0) is 84.3 Å². The molecule has 0 atom stereocenters. The van der Waals surface area contributed by atoms with Crippen LogP contribution in [0.1, 0.15) is 15.9 Å². The van der Waals surface area contributed by atoms with E-state index in [0.29, 0.717) is 17.1 Å². The first-order valence-corrected chi connectivity index (χ1v) is 10.4. The number of nitrogens with zero attached hydrogens (tertiary/aromatic N) is 4. The second-order valence-electron chi connectivity index (χ2n) is 7.55. The number of benzene rings is 4. The second-order valence-corrected chi connectivity index (χ2v) is 7.55. The van der Waals surface area contributed by atoms with Crippen molar-refractivity contribution in [1.29, 1.82) is 0 Å². The highest BCUT2D eigenvalue weighted by molar-refractivity contribution is 5.91. The first kappa shape index (κ1) is 22.3. The minimum absolute atomic E-state index is 0.224. The number of rotatable bonds is 6. The molecule has 8 nitrogen and oxygen atoms in total. The van der Waals surface area contributed by atoms with E-state index >= 15 is 0 Å². The molecule has 0 spiro atoms. The molecule has 4 aromatic rings. The topological polar surface area (TPSA) is 133 Å². The van der Waals surface area contributed by atoms with E-state index in [4.69, 9.17) is 10.8 Å². The average Bonchev–Trinajstić information content (AvgIpc) is 2.83. The summed E-state index contributed by atoms with van der Waals surface area (Å²) >= 11 is 0. The van der Waals surface area contributed by atoms with Crippen LogP contribution in [-0.2, 0) is 0 Å². The highest BCUT2D eigenvalue weighted by Crippen LogP contribution is 2.29. The van der Waals surface area contributed by atoms with Gasteiger partial charge in [0, 0.05) is 5.69 Å². The van der Waals surface area contributed by atoms with Gasteiger partial charge in [-0.15, -0.1) is 0 Å². The van der Waals surface area contributed by atoms with E-state index < -0.39 is 5.97 Å². The van der Waals surface area contributed by atoms with Crippen LogP contribution in [0.2, 0.25) is 0 Å². The molecule has 0 aromatic heterocycles. The van der Waals surface area contributed by atoms with Crippen molar-refractivity contribution >= 4 is 34.4 Å². The van der Waals surface area contributed by atoms with Gasteiger partial charge in [-0.25, -0.2) is 4.79 Å². The van der Waals surface area contributed by atoms with Gasteiger partial charge < -0.3 is 15.9 Å². The molecule has 4 rings (SSSR count). The SMILES string of the molecule is Cc1cc(N)ccc1N=Nc1ccc(-c2ccc(N=Nc3ccc(O)c(C(=O)O)c3)cc2)cc1. The van der Waals surface area contributed by atoms with E-state index in [0.717, 1.165) is 28.1 Å². The summed E-state index contributed by atoms with van der Waals surface area (Å²) in [5.41, 5.74) is 11.7. The van der Waals surface area contributed by atoms with E-state index in [2.05, 4.69) is 20.5 Å². The van der Waals surface area contributed by atoms with E-state index in [1.807, 2.05) is 67.6 Å². The highest BCUT2D eigenvalue weighted by atomic mass is 16.4. The van der Waals surface area contributed by atoms with Crippen molar-refractivity contribution in [2.45, 2.75) is 6.92 Å². The predicted molar refractivity (Wildman–Crippen MR) is 131 cm³/mol. The quantitative estimate of drug-likeness (QED) is 0.207. The minimum Gasteiger partial charge on any atom is -0.507 e. The molecule has 0 fully saturated rings. The molecule has 0 saturated heterocycles. The largest absolute Gasteiger partial charge is 0.507 e. The molecule has 8 heteroatoms. The molecule has 0 aliphatic carbocycles. The maximum Gasteiger partial charge on any atom is 0.339 e. The van der Waals surface area contributed by atoms with Crippen LogP contribution in [0.25, 0.3) is 11.1 Å². The summed E-state index contributed by atoms with van der Waals surface area (Å²) in [7, 11) is 0. The summed E-state index contributed by atoms with van der Waals surface area (Å²) in [5, 5.41) is 35.4. The van der Waals surface area contributed by atoms with Gasteiger partial charge in [0.05, 0.1) is 22.7 Å². The van der Waals surface area contributed by atoms with Gasteiger partial charge in [0.2, 0.25) is 0 Å². The third-order valence-electron chi connectivity index (χ3n) is 5.05. The van der Waals surface area contributed by atoms with Crippen molar-refractivity contribution in [3.8, 4) is 16.9 Å².